The van der Waals surface area contributed by atoms with Crippen molar-refractivity contribution in [3.8, 4) is 17.2 Å². The maximum Gasteiger partial charge on any atom is 0.244 e. The lowest BCUT2D eigenvalue weighted by Gasteiger charge is -2.14. The Morgan fingerprint density at radius 3 is 2.37 bits per heavy atom. The van der Waals surface area contributed by atoms with E-state index in [1.54, 1.807) is 60.2 Å². The fourth-order valence-corrected chi connectivity index (χ4v) is 3.96. The SMILES string of the molecule is COc1ccc(NC(=O)Cn2cc(C(=O)c3ccc(C)cc3)c(=O)c3cc4c(cc32)OCO4)cc1. The largest absolute Gasteiger partial charge is 0.497 e. The maximum atomic E-state index is 13.4. The van der Waals surface area contributed by atoms with Crippen molar-refractivity contribution in [1.29, 1.82) is 0 Å². The van der Waals surface area contributed by atoms with Gasteiger partial charge in [-0.05, 0) is 37.3 Å². The van der Waals surface area contributed by atoms with Crippen molar-refractivity contribution in [1.82, 2.24) is 4.57 Å². The monoisotopic (exact) mass is 470 g/mol. The number of rotatable bonds is 6. The molecule has 8 heteroatoms. The number of pyridine rings is 1. The molecule has 1 aliphatic heterocycles. The first-order valence-corrected chi connectivity index (χ1v) is 10.9. The zero-order valence-electron chi connectivity index (χ0n) is 19.2. The molecule has 1 aromatic heterocycles. The van der Waals surface area contributed by atoms with Crippen LogP contribution in [-0.2, 0) is 11.3 Å². The van der Waals surface area contributed by atoms with Gasteiger partial charge < -0.3 is 24.1 Å². The Morgan fingerprint density at radius 2 is 1.69 bits per heavy atom. The number of aromatic nitrogens is 1. The Hall–Kier alpha value is -4.59. The summed E-state index contributed by atoms with van der Waals surface area (Å²) in [5.41, 5.74) is 1.98. The fourth-order valence-electron chi connectivity index (χ4n) is 3.96. The normalized spacial score (nSPS) is 11.9. The van der Waals surface area contributed by atoms with Crippen LogP contribution < -0.4 is 25.0 Å². The predicted molar refractivity (Wildman–Crippen MR) is 131 cm³/mol. The Balaban J connectivity index is 1.56. The van der Waals surface area contributed by atoms with Crippen molar-refractivity contribution in [2.75, 3.05) is 19.2 Å². The van der Waals surface area contributed by atoms with Crippen LogP contribution in [0, 0.1) is 6.92 Å². The molecule has 0 spiro atoms. The second-order valence-electron chi connectivity index (χ2n) is 8.19. The minimum atomic E-state index is -0.435. The Morgan fingerprint density at radius 1 is 1.00 bits per heavy atom. The highest BCUT2D eigenvalue weighted by Gasteiger charge is 2.22. The Bertz CT molecular complexity index is 1500. The summed E-state index contributed by atoms with van der Waals surface area (Å²) in [5.74, 6) is 0.817. The van der Waals surface area contributed by atoms with Gasteiger partial charge in [0.2, 0.25) is 18.1 Å². The molecule has 0 saturated carbocycles. The Kier molecular flexibility index (Phi) is 5.70. The number of hydrogen-bond donors (Lipinski definition) is 1. The predicted octanol–water partition coefficient (Wildman–Crippen LogP) is 3.92. The van der Waals surface area contributed by atoms with Gasteiger partial charge in [0.15, 0.2) is 17.3 Å². The second-order valence-corrected chi connectivity index (χ2v) is 8.19. The fraction of sp³-hybridized carbons (Fsp3) is 0.148. The summed E-state index contributed by atoms with van der Waals surface area (Å²) >= 11 is 0. The number of ether oxygens (including phenoxy) is 3. The molecule has 35 heavy (non-hydrogen) atoms. The van der Waals surface area contributed by atoms with Gasteiger partial charge in [0, 0.05) is 23.5 Å². The topological polar surface area (TPSA) is 95.9 Å². The number of carbonyl (C=O) groups excluding carboxylic acids is 2. The van der Waals surface area contributed by atoms with Crippen LogP contribution in [0.3, 0.4) is 0 Å². The van der Waals surface area contributed by atoms with Crippen LogP contribution in [-0.4, -0.2) is 30.2 Å². The molecule has 0 fully saturated rings. The van der Waals surface area contributed by atoms with Crippen LogP contribution in [0.4, 0.5) is 5.69 Å². The number of anilines is 1. The summed E-state index contributed by atoms with van der Waals surface area (Å²) in [6.07, 6.45) is 1.43. The molecule has 2 heterocycles. The van der Waals surface area contributed by atoms with Crippen LogP contribution in [0.25, 0.3) is 10.9 Å². The third kappa shape index (κ3) is 4.33. The number of amides is 1. The van der Waals surface area contributed by atoms with Crippen molar-refractivity contribution in [2.45, 2.75) is 13.5 Å². The number of methoxy groups -OCH3 is 1. The summed E-state index contributed by atoms with van der Waals surface area (Å²) in [6, 6.07) is 17.1. The minimum Gasteiger partial charge on any atom is -0.497 e. The molecule has 176 valence electrons. The van der Waals surface area contributed by atoms with Gasteiger partial charge in [0.05, 0.1) is 23.6 Å². The molecule has 8 nitrogen and oxygen atoms in total. The van der Waals surface area contributed by atoms with Crippen molar-refractivity contribution in [3.05, 3.63) is 93.8 Å². The van der Waals surface area contributed by atoms with Gasteiger partial charge in [-0.15, -0.1) is 0 Å². The molecule has 1 aliphatic rings. The number of nitrogens with zero attached hydrogens (tertiary/aromatic N) is 1. The van der Waals surface area contributed by atoms with Gasteiger partial charge in [-0.3, -0.25) is 14.4 Å². The van der Waals surface area contributed by atoms with Crippen LogP contribution in [0.2, 0.25) is 0 Å². The van der Waals surface area contributed by atoms with Gasteiger partial charge in [0.1, 0.15) is 12.3 Å². The summed E-state index contributed by atoms with van der Waals surface area (Å²) in [4.78, 5) is 39.5. The second kappa shape index (κ2) is 8.98. The van der Waals surface area contributed by atoms with E-state index in [0.717, 1.165) is 5.56 Å². The lowest BCUT2D eigenvalue weighted by atomic mass is 10.0. The Labute approximate surface area is 200 Å². The number of hydrogen-bond acceptors (Lipinski definition) is 6. The molecule has 3 aromatic carbocycles. The van der Waals surface area contributed by atoms with Crippen molar-refractivity contribution >= 4 is 28.3 Å². The van der Waals surface area contributed by atoms with E-state index in [-0.39, 0.29) is 30.2 Å². The highest BCUT2D eigenvalue weighted by molar-refractivity contribution is 6.10. The molecule has 0 atom stereocenters. The number of benzene rings is 3. The van der Waals surface area contributed by atoms with E-state index < -0.39 is 11.2 Å². The van der Waals surface area contributed by atoms with Gasteiger partial charge in [0.25, 0.3) is 0 Å². The number of carbonyl (C=O) groups is 2. The summed E-state index contributed by atoms with van der Waals surface area (Å²) in [7, 11) is 1.57. The summed E-state index contributed by atoms with van der Waals surface area (Å²) in [6.45, 7) is 1.82. The standard InChI is InChI=1S/C27H22N2O6/c1-16-3-5-17(6-4-16)26(31)21-13-29(14-25(30)28-18-7-9-19(33-2)10-8-18)22-12-24-23(34-15-35-24)11-20(22)27(21)32/h3-13H,14-15H2,1-2H3,(H,28,30). The maximum absolute atomic E-state index is 13.4. The first-order valence-electron chi connectivity index (χ1n) is 10.9. The molecule has 0 unspecified atom stereocenters. The highest BCUT2D eigenvalue weighted by atomic mass is 16.7. The third-order valence-electron chi connectivity index (χ3n) is 5.82. The van der Waals surface area contributed by atoms with E-state index in [9.17, 15) is 14.4 Å². The van der Waals surface area contributed by atoms with E-state index in [1.165, 1.54) is 6.20 Å². The van der Waals surface area contributed by atoms with E-state index in [2.05, 4.69) is 5.32 Å². The number of aryl methyl sites for hydroxylation is 1. The number of nitrogens with one attached hydrogen (secondary N) is 1. The molecule has 0 aliphatic carbocycles. The van der Waals surface area contributed by atoms with Crippen molar-refractivity contribution < 1.29 is 23.8 Å². The molecule has 4 aromatic rings. The molecule has 0 radical (unpaired) electrons. The zero-order chi connectivity index (χ0) is 24.5. The third-order valence-corrected chi connectivity index (χ3v) is 5.82. The summed E-state index contributed by atoms with van der Waals surface area (Å²) in [5, 5.41) is 3.09. The van der Waals surface area contributed by atoms with Gasteiger partial charge in [-0.2, -0.15) is 0 Å². The molecular formula is C27H22N2O6. The number of ketones is 1. The minimum absolute atomic E-state index is 0.0301. The van der Waals surface area contributed by atoms with Crippen molar-refractivity contribution in [2.24, 2.45) is 0 Å². The molecule has 1 N–H and O–H groups in total. The van der Waals surface area contributed by atoms with E-state index in [1.807, 2.05) is 19.1 Å². The molecule has 0 saturated heterocycles. The highest BCUT2D eigenvalue weighted by Crippen LogP contribution is 2.35. The van der Waals surface area contributed by atoms with Crippen LogP contribution in [0.15, 0.2) is 71.7 Å². The number of fused-ring (bicyclic) bond motifs is 2. The van der Waals surface area contributed by atoms with Gasteiger partial charge in [-0.1, -0.05) is 29.8 Å². The average Bonchev–Trinajstić information content (AvgIpc) is 3.33. The smallest absolute Gasteiger partial charge is 0.244 e. The van der Waals surface area contributed by atoms with E-state index >= 15 is 0 Å². The lowest BCUT2D eigenvalue weighted by molar-refractivity contribution is -0.116. The van der Waals surface area contributed by atoms with Gasteiger partial charge >= 0.3 is 0 Å². The molecular weight excluding hydrogens is 448 g/mol. The van der Waals surface area contributed by atoms with Crippen LogP contribution >= 0.6 is 0 Å². The zero-order valence-corrected chi connectivity index (χ0v) is 19.2. The van der Waals surface area contributed by atoms with Gasteiger partial charge in [-0.25, -0.2) is 0 Å². The van der Waals surface area contributed by atoms with Crippen molar-refractivity contribution in [3.63, 3.8) is 0 Å². The quantitative estimate of drug-likeness (QED) is 0.429. The van der Waals surface area contributed by atoms with E-state index in [0.29, 0.717) is 34.0 Å². The molecule has 1 amide bonds. The first-order chi connectivity index (χ1) is 16.9. The lowest BCUT2D eigenvalue weighted by Crippen LogP contribution is -2.24. The summed E-state index contributed by atoms with van der Waals surface area (Å²) < 4.78 is 17.6. The molecule has 0 bridgehead atoms. The average molecular weight is 470 g/mol. The van der Waals surface area contributed by atoms with Crippen LogP contribution in [0.1, 0.15) is 21.5 Å². The molecule has 5 rings (SSSR count). The van der Waals surface area contributed by atoms with Crippen LogP contribution in [0.5, 0.6) is 17.2 Å². The van der Waals surface area contributed by atoms with E-state index in [4.69, 9.17) is 14.2 Å². The first kappa shape index (κ1) is 22.2.